The fourth-order valence-electron chi connectivity index (χ4n) is 9.79. The molecule has 9 heteroatoms. The van der Waals surface area contributed by atoms with E-state index in [0.717, 1.165) is 57.8 Å². The first-order valence-corrected chi connectivity index (χ1v) is 32.4. The van der Waals surface area contributed by atoms with Crippen LogP contribution in [0.1, 0.15) is 328 Å². The normalized spacial score (nSPS) is 12.7. The Morgan fingerprint density at radius 2 is 0.716 bits per heavy atom. The molecule has 0 aromatic heterocycles. The van der Waals surface area contributed by atoms with Gasteiger partial charge in [0, 0.05) is 12.8 Å². The topological polar surface area (TPSA) is 108 Å². The summed E-state index contributed by atoms with van der Waals surface area (Å²) in [5.41, 5.74) is 0. The van der Waals surface area contributed by atoms with Gasteiger partial charge >= 0.3 is 17.9 Å². The van der Waals surface area contributed by atoms with Gasteiger partial charge in [0.2, 0.25) is 0 Å². The number of carboxylic acids is 1. The number of quaternary nitrogens is 1. The first-order chi connectivity index (χ1) is 36.1. The van der Waals surface area contributed by atoms with Crippen LogP contribution in [0.5, 0.6) is 0 Å². The van der Waals surface area contributed by atoms with Gasteiger partial charge in [0.05, 0.1) is 34.4 Å². The molecule has 2 unspecified atom stereocenters. The van der Waals surface area contributed by atoms with Crippen LogP contribution in [0.4, 0.5) is 0 Å². The predicted molar refractivity (Wildman–Crippen MR) is 314 cm³/mol. The number of hydrogen-bond acceptors (Lipinski definition) is 7. The zero-order valence-corrected chi connectivity index (χ0v) is 50.0. The van der Waals surface area contributed by atoms with E-state index in [1.165, 1.54) is 238 Å². The second-order valence-corrected chi connectivity index (χ2v) is 23.4. The van der Waals surface area contributed by atoms with E-state index in [9.17, 15) is 19.5 Å². The van der Waals surface area contributed by atoms with Gasteiger partial charge in [-0.3, -0.25) is 9.59 Å². The van der Waals surface area contributed by atoms with E-state index in [0.29, 0.717) is 23.9 Å². The molecule has 0 saturated carbocycles. The minimum Gasteiger partial charge on any atom is -0.477 e. The molecule has 74 heavy (non-hydrogen) atoms. The van der Waals surface area contributed by atoms with E-state index in [-0.39, 0.29) is 32.2 Å². The summed E-state index contributed by atoms with van der Waals surface area (Å²) < 4.78 is 22.8. The van der Waals surface area contributed by atoms with Crippen molar-refractivity contribution in [3.05, 3.63) is 12.2 Å². The van der Waals surface area contributed by atoms with Crippen molar-refractivity contribution in [2.75, 3.05) is 47.5 Å². The summed E-state index contributed by atoms with van der Waals surface area (Å²) >= 11 is 0. The van der Waals surface area contributed by atoms with Crippen molar-refractivity contribution >= 4 is 17.9 Å². The Labute approximate surface area is 459 Å². The minimum absolute atomic E-state index is 0.179. The molecule has 0 saturated heterocycles. The molecule has 2 atom stereocenters. The maximum atomic E-state index is 12.8. The molecule has 0 heterocycles. The van der Waals surface area contributed by atoms with Crippen molar-refractivity contribution in [3.63, 3.8) is 0 Å². The number of allylic oxidation sites excluding steroid dienone is 2. The van der Waals surface area contributed by atoms with Gasteiger partial charge in [-0.15, -0.1) is 0 Å². The van der Waals surface area contributed by atoms with Gasteiger partial charge in [0.25, 0.3) is 6.29 Å². The number of ether oxygens (including phenoxy) is 4. The maximum Gasteiger partial charge on any atom is 0.361 e. The molecule has 9 nitrogen and oxygen atoms in total. The molecule has 0 rings (SSSR count). The largest absolute Gasteiger partial charge is 0.477 e. The fraction of sp³-hybridized carbons (Fsp3) is 0.923. The van der Waals surface area contributed by atoms with Crippen molar-refractivity contribution in [2.45, 2.75) is 341 Å². The second kappa shape index (κ2) is 57.2. The van der Waals surface area contributed by atoms with Crippen molar-refractivity contribution < 1.29 is 42.9 Å². The number of carboxylic acid groups (broad SMARTS) is 1. The van der Waals surface area contributed by atoms with Gasteiger partial charge in [0.15, 0.2) is 6.10 Å². The lowest BCUT2D eigenvalue weighted by atomic mass is 10.0. The lowest BCUT2D eigenvalue weighted by Gasteiger charge is -2.25. The molecule has 1 N–H and O–H groups in total. The molecule has 0 bridgehead atoms. The lowest BCUT2D eigenvalue weighted by molar-refractivity contribution is -0.870. The van der Waals surface area contributed by atoms with Gasteiger partial charge in [-0.05, 0) is 32.1 Å². The highest BCUT2D eigenvalue weighted by Crippen LogP contribution is 2.19. The van der Waals surface area contributed by atoms with Crippen molar-refractivity contribution in [2.24, 2.45) is 0 Å². The molecule has 0 aliphatic carbocycles. The second-order valence-electron chi connectivity index (χ2n) is 23.4. The van der Waals surface area contributed by atoms with Gasteiger partial charge in [-0.1, -0.05) is 296 Å². The van der Waals surface area contributed by atoms with E-state index < -0.39 is 24.3 Å². The molecular weight excluding hydrogens is 923 g/mol. The van der Waals surface area contributed by atoms with Crippen LogP contribution in [0.2, 0.25) is 0 Å². The van der Waals surface area contributed by atoms with Crippen LogP contribution in [0.3, 0.4) is 0 Å². The highest BCUT2D eigenvalue weighted by atomic mass is 16.7. The Morgan fingerprint density at radius 3 is 1.05 bits per heavy atom. The molecule has 0 spiro atoms. The average Bonchev–Trinajstić information content (AvgIpc) is 3.37. The minimum atomic E-state index is -1.51. The first-order valence-electron chi connectivity index (χ1n) is 32.4. The van der Waals surface area contributed by atoms with Crippen molar-refractivity contribution in [3.8, 4) is 0 Å². The summed E-state index contributed by atoms with van der Waals surface area (Å²) in [6.07, 6.45) is 65.1. The zero-order valence-electron chi connectivity index (χ0n) is 50.0. The number of rotatable bonds is 61. The highest BCUT2D eigenvalue weighted by Gasteiger charge is 2.25. The van der Waals surface area contributed by atoms with Crippen LogP contribution in [0.25, 0.3) is 0 Å². The summed E-state index contributed by atoms with van der Waals surface area (Å²) in [5, 5.41) is 9.67. The average molecular weight is 1050 g/mol. The smallest absolute Gasteiger partial charge is 0.361 e. The lowest BCUT2D eigenvalue weighted by Crippen LogP contribution is -2.40. The Bertz CT molecular complexity index is 1220. The van der Waals surface area contributed by atoms with Crippen LogP contribution < -0.4 is 0 Å². The molecule has 0 radical (unpaired) electrons. The summed E-state index contributed by atoms with van der Waals surface area (Å²) in [6, 6.07) is 0. The van der Waals surface area contributed by atoms with E-state index in [4.69, 9.17) is 18.9 Å². The van der Waals surface area contributed by atoms with Crippen LogP contribution in [-0.4, -0.2) is 87.4 Å². The molecule has 0 aliphatic heterocycles. The fourth-order valence-corrected chi connectivity index (χ4v) is 9.79. The quantitative estimate of drug-likeness (QED) is 0.0211. The van der Waals surface area contributed by atoms with E-state index >= 15 is 0 Å². The molecular formula is C65H126NO8+. The van der Waals surface area contributed by atoms with E-state index in [1.54, 1.807) is 0 Å². The van der Waals surface area contributed by atoms with E-state index in [1.807, 2.05) is 21.1 Å². The maximum absolute atomic E-state index is 12.8. The van der Waals surface area contributed by atoms with Gasteiger partial charge in [0.1, 0.15) is 13.2 Å². The Hall–Kier alpha value is -1.97. The molecule has 0 fully saturated rings. The van der Waals surface area contributed by atoms with Gasteiger partial charge < -0.3 is 28.5 Å². The summed E-state index contributed by atoms with van der Waals surface area (Å²) in [5.74, 6) is -2.00. The van der Waals surface area contributed by atoms with Crippen LogP contribution in [0.15, 0.2) is 12.2 Å². The third-order valence-corrected chi connectivity index (χ3v) is 14.8. The van der Waals surface area contributed by atoms with Gasteiger partial charge in [-0.2, -0.15) is 0 Å². The van der Waals surface area contributed by atoms with Crippen LogP contribution in [-0.2, 0) is 33.3 Å². The molecule has 0 amide bonds. The number of nitrogens with zero attached hydrogens (tertiary/aromatic N) is 1. The number of aliphatic carboxylic acids is 1. The highest BCUT2D eigenvalue weighted by molar-refractivity contribution is 5.71. The first kappa shape index (κ1) is 72.0. The number of carbonyl (C=O) groups is 3. The van der Waals surface area contributed by atoms with Crippen LogP contribution >= 0.6 is 0 Å². The number of unbranched alkanes of at least 4 members (excludes halogenated alkanes) is 44. The third kappa shape index (κ3) is 57.7. The molecule has 438 valence electrons. The Kier molecular flexibility index (Phi) is 55.7. The summed E-state index contributed by atoms with van der Waals surface area (Å²) in [6.45, 7) is 4.85. The monoisotopic (exact) mass is 1050 g/mol. The standard InChI is InChI=1S/C65H125NO8/c1-6-8-10-12-14-16-18-19-20-21-22-23-24-25-26-27-28-29-30-31-32-33-34-35-36-37-38-39-40-41-42-43-44-45-46-48-49-51-53-55-62(67)72-59-61(60-73-65(64(69)70)71-58-57-66(3,4)5)74-63(68)56-54-52-50-47-17-15-13-11-9-7-2/h11,13,61,65H,6-10,12,14-60H2,1-5H3/p+1/b13-11-. The molecule has 0 aromatic rings. The molecule has 0 aliphatic rings. The number of hydrogen-bond donors (Lipinski definition) is 1. The third-order valence-electron chi connectivity index (χ3n) is 14.8. The summed E-state index contributed by atoms with van der Waals surface area (Å²) in [7, 11) is 5.97. The van der Waals surface area contributed by atoms with Crippen molar-refractivity contribution in [1.29, 1.82) is 0 Å². The van der Waals surface area contributed by atoms with Crippen molar-refractivity contribution in [1.82, 2.24) is 0 Å². The number of likely N-dealkylation sites (N-methyl/N-ethyl adjacent to an activating group) is 1. The number of esters is 2. The zero-order chi connectivity index (χ0) is 54.1. The molecule has 0 aromatic carbocycles. The number of carbonyl (C=O) groups excluding carboxylic acids is 2. The van der Waals surface area contributed by atoms with Gasteiger partial charge in [-0.25, -0.2) is 4.79 Å². The Balaban J connectivity index is 3.80. The SMILES string of the molecule is CCC/C=C\CCCCCCCC(=O)OC(COC(=O)CCCCCCCCCCCCCCCCCCCCCCCCCCCCCCCCCCCCCCCCC)COC(OCC[N+](C)(C)C)C(=O)O. The Morgan fingerprint density at radius 1 is 0.392 bits per heavy atom. The van der Waals surface area contributed by atoms with Crippen LogP contribution in [0, 0.1) is 0 Å². The summed E-state index contributed by atoms with van der Waals surface area (Å²) in [4.78, 5) is 37.2. The van der Waals surface area contributed by atoms with E-state index in [2.05, 4.69) is 26.0 Å². The predicted octanol–water partition coefficient (Wildman–Crippen LogP) is 19.3.